The molecule has 0 aromatic heterocycles. The van der Waals surface area contributed by atoms with E-state index in [1.165, 1.54) is 5.56 Å². The Hall–Kier alpha value is -0.350. The Morgan fingerprint density at radius 2 is 1.68 bits per heavy atom. The van der Waals surface area contributed by atoms with Crippen LogP contribution in [-0.2, 0) is 6.54 Å². The molecule has 1 atom stereocenters. The van der Waals surface area contributed by atoms with Gasteiger partial charge in [0.2, 0.25) is 0 Å². The van der Waals surface area contributed by atoms with Crippen LogP contribution in [0.4, 0.5) is 0 Å². The minimum atomic E-state index is 0.212. The van der Waals surface area contributed by atoms with E-state index in [1.54, 1.807) is 0 Å². The molecule has 2 aromatic carbocycles. The zero-order valence-corrected chi connectivity index (χ0v) is 14.4. The van der Waals surface area contributed by atoms with E-state index < -0.39 is 0 Å². The van der Waals surface area contributed by atoms with Gasteiger partial charge in [-0.2, -0.15) is 0 Å². The van der Waals surface area contributed by atoms with Crippen molar-refractivity contribution >= 4 is 43.5 Å². The Morgan fingerprint density at radius 3 is 2.32 bits per heavy atom. The largest absolute Gasteiger partial charge is 0.306 e. The molecule has 0 amide bonds. The van der Waals surface area contributed by atoms with Gasteiger partial charge in [0.25, 0.3) is 0 Å². The quantitative estimate of drug-likeness (QED) is 0.689. The molecule has 0 aliphatic rings. The van der Waals surface area contributed by atoms with Gasteiger partial charge in [0.1, 0.15) is 0 Å². The fourth-order valence-electron chi connectivity index (χ4n) is 1.84. The van der Waals surface area contributed by atoms with Crippen LogP contribution >= 0.6 is 43.5 Å². The summed E-state index contributed by atoms with van der Waals surface area (Å²) in [6.07, 6.45) is 0. The highest BCUT2D eigenvalue weighted by Gasteiger charge is 2.09. The number of halogens is 3. The van der Waals surface area contributed by atoms with Gasteiger partial charge in [-0.3, -0.25) is 0 Å². The monoisotopic (exact) mass is 401 g/mol. The van der Waals surface area contributed by atoms with E-state index >= 15 is 0 Å². The summed E-state index contributed by atoms with van der Waals surface area (Å²) in [6, 6.07) is 14.5. The zero-order valence-electron chi connectivity index (χ0n) is 10.5. The van der Waals surface area contributed by atoms with E-state index in [0.29, 0.717) is 0 Å². The Morgan fingerprint density at radius 1 is 1.05 bits per heavy atom. The normalized spacial score (nSPS) is 12.4. The topological polar surface area (TPSA) is 12.0 Å². The van der Waals surface area contributed by atoms with Crippen molar-refractivity contribution in [1.29, 1.82) is 0 Å². The summed E-state index contributed by atoms with van der Waals surface area (Å²) in [5.41, 5.74) is 2.37. The highest BCUT2D eigenvalue weighted by atomic mass is 79.9. The first-order valence-corrected chi connectivity index (χ1v) is 7.95. The van der Waals surface area contributed by atoms with Crippen LogP contribution in [0.25, 0.3) is 0 Å². The average Bonchev–Trinajstić information content (AvgIpc) is 2.37. The van der Waals surface area contributed by atoms with Crippen molar-refractivity contribution in [3.8, 4) is 0 Å². The van der Waals surface area contributed by atoms with Crippen LogP contribution in [0.1, 0.15) is 24.1 Å². The lowest BCUT2D eigenvalue weighted by atomic mass is 10.1. The zero-order chi connectivity index (χ0) is 13.8. The molecule has 0 saturated carbocycles. The van der Waals surface area contributed by atoms with Gasteiger partial charge in [-0.05, 0) is 42.3 Å². The van der Waals surface area contributed by atoms with Gasteiger partial charge in [-0.25, -0.2) is 0 Å². The molecule has 0 heterocycles. The Balaban J connectivity index is 2.01. The Labute approximate surface area is 135 Å². The highest BCUT2D eigenvalue weighted by Crippen LogP contribution is 2.26. The van der Waals surface area contributed by atoms with Crippen LogP contribution in [-0.4, -0.2) is 0 Å². The van der Waals surface area contributed by atoms with Gasteiger partial charge in [0.05, 0.1) is 0 Å². The van der Waals surface area contributed by atoms with Crippen molar-refractivity contribution in [3.05, 3.63) is 67.6 Å². The van der Waals surface area contributed by atoms with E-state index in [1.807, 2.05) is 30.3 Å². The molecule has 0 bridgehead atoms. The third-order valence-electron chi connectivity index (χ3n) is 2.95. The molecule has 0 aliphatic heterocycles. The van der Waals surface area contributed by atoms with Crippen LogP contribution in [0.5, 0.6) is 0 Å². The van der Waals surface area contributed by atoms with E-state index in [4.69, 9.17) is 11.6 Å². The maximum Gasteiger partial charge on any atom is 0.0464 e. The van der Waals surface area contributed by atoms with Gasteiger partial charge >= 0.3 is 0 Å². The summed E-state index contributed by atoms with van der Waals surface area (Å²) in [4.78, 5) is 0. The second-order valence-electron chi connectivity index (χ2n) is 4.39. The molecule has 1 unspecified atom stereocenters. The molecule has 4 heteroatoms. The van der Waals surface area contributed by atoms with Crippen molar-refractivity contribution in [1.82, 2.24) is 5.32 Å². The van der Waals surface area contributed by atoms with Gasteiger partial charge in [-0.15, -0.1) is 0 Å². The third kappa shape index (κ3) is 4.32. The van der Waals surface area contributed by atoms with Gasteiger partial charge in [0.15, 0.2) is 0 Å². The lowest BCUT2D eigenvalue weighted by molar-refractivity contribution is 0.575. The molecule has 19 heavy (non-hydrogen) atoms. The summed E-state index contributed by atoms with van der Waals surface area (Å²) in [6.45, 7) is 2.94. The molecule has 2 aromatic rings. The number of benzene rings is 2. The molecule has 0 spiro atoms. The Kier molecular flexibility index (Phi) is 5.46. The molecular formula is C15H14Br2ClN. The van der Waals surface area contributed by atoms with Crippen LogP contribution in [0.15, 0.2) is 51.4 Å². The molecule has 1 N–H and O–H groups in total. The fraction of sp³-hybridized carbons (Fsp3) is 0.200. The average molecular weight is 404 g/mol. The first kappa shape index (κ1) is 15.0. The van der Waals surface area contributed by atoms with Crippen LogP contribution in [0.3, 0.4) is 0 Å². The summed E-state index contributed by atoms with van der Waals surface area (Å²) in [5, 5.41) is 4.26. The molecule has 1 nitrogen and oxygen atoms in total. The van der Waals surface area contributed by atoms with Gasteiger partial charge in [0, 0.05) is 26.6 Å². The first-order valence-electron chi connectivity index (χ1n) is 5.99. The van der Waals surface area contributed by atoms with Crippen molar-refractivity contribution in [2.24, 2.45) is 0 Å². The summed E-state index contributed by atoms with van der Waals surface area (Å²) < 4.78 is 2.10. The highest BCUT2D eigenvalue weighted by molar-refractivity contribution is 9.10. The summed E-state index contributed by atoms with van der Waals surface area (Å²) in [7, 11) is 0. The third-order valence-corrected chi connectivity index (χ3v) is 4.30. The minimum absolute atomic E-state index is 0.212. The summed E-state index contributed by atoms with van der Waals surface area (Å²) >= 11 is 13.1. The predicted molar refractivity (Wildman–Crippen MR) is 88.5 cm³/mol. The molecule has 2 rings (SSSR count). The second kappa shape index (κ2) is 6.89. The first-order chi connectivity index (χ1) is 9.06. The maximum atomic E-state index is 6.25. The lowest BCUT2D eigenvalue weighted by Crippen LogP contribution is -2.18. The fourth-order valence-corrected chi connectivity index (χ4v) is 2.94. The SMILES string of the molecule is CC(NCc1ccc(Br)cc1)c1ccc(Br)cc1Cl. The lowest BCUT2D eigenvalue weighted by Gasteiger charge is -2.16. The van der Waals surface area contributed by atoms with Gasteiger partial charge < -0.3 is 5.32 Å². The number of nitrogens with one attached hydrogen (secondary N) is 1. The van der Waals surface area contributed by atoms with Crippen molar-refractivity contribution in [2.75, 3.05) is 0 Å². The summed E-state index contributed by atoms with van der Waals surface area (Å²) in [5.74, 6) is 0. The van der Waals surface area contributed by atoms with Crippen LogP contribution in [0.2, 0.25) is 5.02 Å². The van der Waals surface area contributed by atoms with Crippen LogP contribution in [0, 0.1) is 0 Å². The number of hydrogen-bond donors (Lipinski definition) is 1. The van der Waals surface area contributed by atoms with E-state index in [9.17, 15) is 0 Å². The Bertz CT molecular complexity index is 555. The maximum absolute atomic E-state index is 6.25. The molecule has 100 valence electrons. The smallest absolute Gasteiger partial charge is 0.0464 e. The van der Waals surface area contributed by atoms with Crippen LogP contribution < -0.4 is 5.32 Å². The molecule has 0 fully saturated rings. The standard InChI is InChI=1S/C15H14Br2ClN/c1-10(14-7-6-13(17)8-15(14)18)19-9-11-2-4-12(16)5-3-11/h2-8,10,19H,9H2,1H3. The molecule has 0 saturated heterocycles. The van der Waals surface area contributed by atoms with E-state index in [2.05, 4.69) is 56.2 Å². The van der Waals surface area contributed by atoms with Crippen molar-refractivity contribution < 1.29 is 0 Å². The van der Waals surface area contributed by atoms with E-state index in [-0.39, 0.29) is 6.04 Å². The van der Waals surface area contributed by atoms with Crippen molar-refractivity contribution in [2.45, 2.75) is 19.5 Å². The molecule has 0 aliphatic carbocycles. The molecule has 0 radical (unpaired) electrons. The van der Waals surface area contributed by atoms with Crippen molar-refractivity contribution in [3.63, 3.8) is 0 Å². The van der Waals surface area contributed by atoms with E-state index in [0.717, 1.165) is 26.1 Å². The molecular weight excluding hydrogens is 389 g/mol. The minimum Gasteiger partial charge on any atom is -0.306 e. The predicted octanol–water partition coefficient (Wildman–Crippen LogP) is 5.72. The second-order valence-corrected chi connectivity index (χ2v) is 6.63. The number of rotatable bonds is 4. The van der Waals surface area contributed by atoms with Gasteiger partial charge in [-0.1, -0.05) is 61.7 Å². The number of hydrogen-bond acceptors (Lipinski definition) is 1.